The van der Waals surface area contributed by atoms with Gasteiger partial charge in [0.25, 0.3) is 5.91 Å². The zero-order chi connectivity index (χ0) is 26.5. The monoisotopic (exact) mass is 508 g/mol. The summed E-state index contributed by atoms with van der Waals surface area (Å²) in [7, 11) is 1.57. The van der Waals surface area contributed by atoms with Crippen LogP contribution in [0.1, 0.15) is 41.5 Å². The highest BCUT2D eigenvalue weighted by Crippen LogP contribution is 2.29. The van der Waals surface area contributed by atoms with Gasteiger partial charge < -0.3 is 5.32 Å². The SMILES string of the molecule is CCCCc1nn(-c2ccccc2C(=O)NC)c(=O)n1Cc1ccc(-c2ccccc2-c2nn[nH]n2)cc1. The Bertz CT molecular complexity index is 1600. The van der Waals surface area contributed by atoms with E-state index >= 15 is 0 Å². The molecule has 0 fully saturated rings. The van der Waals surface area contributed by atoms with Gasteiger partial charge in [0.05, 0.1) is 17.8 Å². The molecule has 3 aromatic carbocycles. The number of rotatable bonds is 9. The van der Waals surface area contributed by atoms with Crippen molar-refractivity contribution in [2.75, 3.05) is 7.05 Å². The lowest BCUT2D eigenvalue weighted by molar-refractivity contribution is 0.0963. The van der Waals surface area contributed by atoms with E-state index in [2.05, 4.69) is 38.0 Å². The average Bonchev–Trinajstić information content (AvgIpc) is 3.61. The molecule has 5 aromatic rings. The number of aromatic amines is 1. The number of para-hydroxylation sites is 1. The van der Waals surface area contributed by atoms with Crippen LogP contribution in [0.25, 0.3) is 28.2 Å². The summed E-state index contributed by atoms with van der Waals surface area (Å²) in [6, 6.07) is 22.9. The van der Waals surface area contributed by atoms with Gasteiger partial charge in [0.15, 0.2) is 0 Å². The van der Waals surface area contributed by atoms with E-state index in [1.807, 2.05) is 48.5 Å². The second-order valence-electron chi connectivity index (χ2n) is 8.87. The lowest BCUT2D eigenvalue weighted by Crippen LogP contribution is -2.27. The van der Waals surface area contributed by atoms with Crippen LogP contribution in [0, 0.1) is 0 Å². The maximum absolute atomic E-state index is 13.6. The van der Waals surface area contributed by atoms with Crippen LogP contribution in [0.3, 0.4) is 0 Å². The van der Waals surface area contributed by atoms with Crippen molar-refractivity contribution in [2.45, 2.75) is 32.7 Å². The van der Waals surface area contributed by atoms with E-state index in [1.165, 1.54) is 4.68 Å². The minimum atomic E-state index is -0.279. The fraction of sp³-hybridized carbons (Fsp3) is 0.214. The third kappa shape index (κ3) is 4.88. The molecule has 5 rings (SSSR count). The molecule has 0 saturated heterocycles. The van der Waals surface area contributed by atoms with Crippen molar-refractivity contribution in [3.63, 3.8) is 0 Å². The summed E-state index contributed by atoms with van der Waals surface area (Å²) in [5.74, 6) is 0.949. The summed E-state index contributed by atoms with van der Waals surface area (Å²) in [6.45, 7) is 2.47. The number of benzene rings is 3. The van der Waals surface area contributed by atoms with Crippen molar-refractivity contribution in [3.05, 3.63) is 100 Å². The number of aryl methyl sites for hydroxylation is 1. The molecule has 0 radical (unpaired) electrons. The number of nitrogens with one attached hydrogen (secondary N) is 2. The van der Waals surface area contributed by atoms with Gasteiger partial charge in [-0.1, -0.05) is 74.0 Å². The highest BCUT2D eigenvalue weighted by molar-refractivity contribution is 5.97. The minimum absolute atomic E-state index is 0.270. The number of unbranched alkanes of at least 4 members (excludes halogenated alkanes) is 1. The van der Waals surface area contributed by atoms with Crippen LogP contribution in [-0.4, -0.2) is 47.9 Å². The number of nitrogens with zero attached hydrogens (tertiary/aromatic N) is 6. The van der Waals surface area contributed by atoms with Gasteiger partial charge in [-0.05, 0) is 40.5 Å². The number of carbonyl (C=O) groups is 1. The number of hydrogen-bond donors (Lipinski definition) is 2. The Morgan fingerprint density at radius 2 is 1.71 bits per heavy atom. The van der Waals surface area contributed by atoms with Gasteiger partial charge in [-0.25, -0.2) is 4.79 Å². The molecule has 2 N–H and O–H groups in total. The van der Waals surface area contributed by atoms with E-state index in [-0.39, 0.29) is 11.6 Å². The number of H-pyrrole nitrogens is 1. The highest BCUT2D eigenvalue weighted by Gasteiger charge is 2.19. The molecule has 192 valence electrons. The molecule has 2 heterocycles. The van der Waals surface area contributed by atoms with Crippen LogP contribution in [0.15, 0.2) is 77.6 Å². The van der Waals surface area contributed by atoms with Gasteiger partial charge in [-0.3, -0.25) is 9.36 Å². The van der Waals surface area contributed by atoms with E-state index in [0.717, 1.165) is 35.1 Å². The van der Waals surface area contributed by atoms with E-state index in [0.29, 0.717) is 35.9 Å². The molecule has 0 saturated carbocycles. The van der Waals surface area contributed by atoms with Crippen LogP contribution in [0.4, 0.5) is 0 Å². The smallest absolute Gasteiger partial charge is 0.351 e. The summed E-state index contributed by atoms with van der Waals surface area (Å²) in [5.41, 5.74) is 4.41. The third-order valence-corrected chi connectivity index (χ3v) is 6.42. The second kappa shape index (κ2) is 11.0. The number of hydrogen-bond acceptors (Lipinski definition) is 6. The lowest BCUT2D eigenvalue weighted by Gasteiger charge is -2.09. The Hall–Kier alpha value is -4.86. The molecule has 10 nitrogen and oxygen atoms in total. The molecule has 0 aliphatic heterocycles. The first-order valence-electron chi connectivity index (χ1n) is 12.5. The normalized spacial score (nSPS) is 11.0. The summed E-state index contributed by atoms with van der Waals surface area (Å²) in [6.07, 6.45) is 2.54. The molecule has 0 aliphatic rings. The summed E-state index contributed by atoms with van der Waals surface area (Å²) in [5, 5.41) is 21.7. The maximum atomic E-state index is 13.6. The van der Waals surface area contributed by atoms with Crippen LogP contribution in [-0.2, 0) is 13.0 Å². The molecule has 0 atom stereocenters. The first-order chi connectivity index (χ1) is 18.6. The molecule has 2 aromatic heterocycles. The van der Waals surface area contributed by atoms with Gasteiger partial charge in [0.2, 0.25) is 5.82 Å². The second-order valence-corrected chi connectivity index (χ2v) is 8.87. The fourth-order valence-corrected chi connectivity index (χ4v) is 4.44. The Morgan fingerprint density at radius 1 is 0.974 bits per heavy atom. The zero-order valence-corrected chi connectivity index (χ0v) is 21.3. The molecule has 0 unspecified atom stereocenters. The summed E-state index contributed by atoms with van der Waals surface area (Å²) < 4.78 is 3.03. The van der Waals surface area contributed by atoms with Crippen LogP contribution in [0.2, 0.25) is 0 Å². The zero-order valence-electron chi connectivity index (χ0n) is 21.3. The average molecular weight is 509 g/mol. The molecule has 10 heteroatoms. The standard InChI is InChI=1S/C28H28N8O2/c1-3-4-13-25-32-36(24-12-8-7-11-23(24)27(37)29-2)28(38)35(25)18-19-14-16-20(17-15-19)21-9-5-6-10-22(21)26-30-33-34-31-26/h5-12,14-17H,3-4,13,18H2,1-2H3,(H,29,37)(H,30,31,33,34). The first-order valence-corrected chi connectivity index (χ1v) is 12.5. The van der Waals surface area contributed by atoms with E-state index in [1.54, 1.807) is 35.9 Å². The molecular formula is C28H28N8O2. The molecule has 0 spiro atoms. The Labute approximate surface area is 219 Å². The van der Waals surface area contributed by atoms with Gasteiger partial charge in [0.1, 0.15) is 5.82 Å². The number of carbonyl (C=O) groups excluding carboxylic acids is 1. The quantitative estimate of drug-likeness (QED) is 0.313. The molecule has 0 aliphatic carbocycles. The van der Waals surface area contributed by atoms with Gasteiger partial charge >= 0.3 is 5.69 Å². The Morgan fingerprint density at radius 3 is 2.42 bits per heavy atom. The molecule has 1 amide bonds. The molecule has 38 heavy (non-hydrogen) atoms. The Balaban J connectivity index is 1.49. The third-order valence-electron chi connectivity index (χ3n) is 6.42. The number of tetrazole rings is 1. The van der Waals surface area contributed by atoms with Crippen molar-refractivity contribution in [1.29, 1.82) is 0 Å². The van der Waals surface area contributed by atoms with Crippen molar-refractivity contribution in [1.82, 2.24) is 40.3 Å². The van der Waals surface area contributed by atoms with Crippen molar-refractivity contribution >= 4 is 5.91 Å². The van der Waals surface area contributed by atoms with Gasteiger partial charge in [-0.15, -0.1) is 15.3 Å². The van der Waals surface area contributed by atoms with Crippen LogP contribution in [0.5, 0.6) is 0 Å². The van der Waals surface area contributed by atoms with E-state index < -0.39 is 0 Å². The predicted octanol–water partition coefficient (Wildman–Crippen LogP) is 3.63. The highest BCUT2D eigenvalue weighted by atomic mass is 16.2. The lowest BCUT2D eigenvalue weighted by atomic mass is 9.98. The number of aromatic nitrogens is 7. The summed E-state index contributed by atoms with van der Waals surface area (Å²) in [4.78, 5) is 26.0. The van der Waals surface area contributed by atoms with Gasteiger partial charge in [-0.2, -0.15) is 9.90 Å². The minimum Gasteiger partial charge on any atom is -0.355 e. The van der Waals surface area contributed by atoms with Crippen LogP contribution >= 0.6 is 0 Å². The van der Waals surface area contributed by atoms with Crippen molar-refractivity contribution in [2.24, 2.45) is 0 Å². The molecular weight excluding hydrogens is 480 g/mol. The van der Waals surface area contributed by atoms with E-state index in [4.69, 9.17) is 0 Å². The predicted molar refractivity (Wildman–Crippen MR) is 144 cm³/mol. The fourth-order valence-electron chi connectivity index (χ4n) is 4.44. The van der Waals surface area contributed by atoms with Crippen molar-refractivity contribution in [3.8, 4) is 28.2 Å². The van der Waals surface area contributed by atoms with Crippen LogP contribution < -0.4 is 11.0 Å². The summed E-state index contributed by atoms with van der Waals surface area (Å²) >= 11 is 0. The molecule has 0 bridgehead atoms. The maximum Gasteiger partial charge on any atom is 0.351 e. The van der Waals surface area contributed by atoms with E-state index in [9.17, 15) is 9.59 Å². The first kappa shape index (κ1) is 24.8. The van der Waals surface area contributed by atoms with Crippen molar-refractivity contribution < 1.29 is 4.79 Å². The topological polar surface area (TPSA) is 123 Å². The Kier molecular flexibility index (Phi) is 7.21. The largest absolute Gasteiger partial charge is 0.355 e. The number of amides is 1. The van der Waals surface area contributed by atoms with Gasteiger partial charge in [0, 0.05) is 19.0 Å².